The van der Waals surface area contributed by atoms with Crippen LogP contribution in [-0.4, -0.2) is 30.1 Å². The molecule has 0 spiro atoms. The molecule has 2 bridgehead atoms. The van der Waals surface area contributed by atoms with Gasteiger partial charge in [-0.05, 0) is 57.3 Å². The monoisotopic (exact) mass is 320 g/mol. The fraction of sp³-hybridized carbons (Fsp3) is 0.842. The third kappa shape index (κ3) is 2.59. The quantitative estimate of drug-likeness (QED) is 0.750. The van der Waals surface area contributed by atoms with E-state index < -0.39 is 5.92 Å². The van der Waals surface area contributed by atoms with Gasteiger partial charge in [0.1, 0.15) is 17.9 Å². The predicted octanol–water partition coefficient (Wildman–Crippen LogP) is 2.83. The summed E-state index contributed by atoms with van der Waals surface area (Å²) in [4.78, 5) is 36.8. The largest absolute Gasteiger partial charge is 0.375 e. The van der Waals surface area contributed by atoms with Gasteiger partial charge in [0.25, 0.3) is 0 Å². The van der Waals surface area contributed by atoms with Gasteiger partial charge in [0, 0.05) is 24.2 Å². The van der Waals surface area contributed by atoms with Crippen molar-refractivity contribution >= 4 is 17.9 Å². The lowest BCUT2D eigenvalue weighted by molar-refractivity contribution is -0.174. The standard InChI is InChI=1S/C19H28O4/c1-11(21)7-12-16(9-20)19(4)6-5-15-13(8-19)14(17(12)22)10-23-18(15,2)3/h9,12-16H,5-8,10H2,1-4H3/t12-,13?,14+,15?,16-,19-/m0/s1. The number of ether oxygens (including phenoxy) is 1. The van der Waals surface area contributed by atoms with Crippen LogP contribution in [0.2, 0.25) is 0 Å². The van der Waals surface area contributed by atoms with Gasteiger partial charge in [-0.1, -0.05) is 6.92 Å². The predicted molar refractivity (Wildman–Crippen MR) is 85.8 cm³/mol. The summed E-state index contributed by atoms with van der Waals surface area (Å²) in [5.41, 5.74) is -0.374. The van der Waals surface area contributed by atoms with Gasteiger partial charge in [0.05, 0.1) is 12.2 Å². The van der Waals surface area contributed by atoms with Crippen molar-refractivity contribution in [3.63, 3.8) is 0 Å². The molecule has 1 saturated heterocycles. The highest BCUT2D eigenvalue weighted by Gasteiger charge is 2.58. The van der Waals surface area contributed by atoms with Crippen molar-refractivity contribution in [3.8, 4) is 0 Å². The van der Waals surface area contributed by atoms with E-state index in [1.807, 2.05) is 0 Å². The molecule has 3 fully saturated rings. The molecular weight excluding hydrogens is 292 g/mol. The average Bonchev–Trinajstić information content (AvgIpc) is 2.51. The molecule has 2 saturated carbocycles. The fourth-order valence-corrected chi connectivity index (χ4v) is 5.63. The minimum Gasteiger partial charge on any atom is -0.375 e. The molecule has 6 atom stereocenters. The summed E-state index contributed by atoms with van der Waals surface area (Å²) < 4.78 is 6.05. The first kappa shape index (κ1) is 16.8. The van der Waals surface area contributed by atoms with E-state index in [-0.39, 0.29) is 46.8 Å². The van der Waals surface area contributed by atoms with Crippen molar-refractivity contribution in [3.05, 3.63) is 0 Å². The molecule has 3 rings (SSSR count). The SMILES string of the molecule is CC(=O)C[C@@H]1C(=O)[C@@H]2COC(C)(C)C3CC[C@@](C)(CC32)[C@H]1C=O. The molecule has 0 aromatic heterocycles. The van der Waals surface area contributed by atoms with E-state index in [1.165, 1.54) is 6.92 Å². The van der Waals surface area contributed by atoms with Crippen LogP contribution in [0.1, 0.15) is 53.4 Å². The normalized spacial score (nSPS) is 45.2. The molecule has 0 amide bonds. The van der Waals surface area contributed by atoms with Gasteiger partial charge < -0.3 is 14.3 Å². The zero-order valence-corrected chi connectivity index (χ0v) is 14.6. The lowest BCUT2D eigenvalue weighted by atomic mass is 9.56. The summed E-state index contributed by atoms with van der Waals surface area (Å²) in [6, 6.07) is 0. The molecule has 1 heterocycles. The Hall–Kier alpha value is -1.03. The van der Waals surface area contributed by atoms with Crippen molar-refractivity contribution in [1.29, 1.82) is 0 Å². The van der Waals surface area contributed by atoms with Crippen LogP contribution in [0.3, 0.4) is 0 Å². The number of carbonyl (C=O) groups is 3. The molecule has 0 aromatic carbocycles. The maximum absolute atomic E-state index is 13.2. The van der Waals surface area contributed by atoms with Gasteiger partial charge in [-0.25, -0.2) is 0 Å². The van der Waals surface area contributed by atoms with Crippen LogP contribution in [0.4, 0.5) is 0 Å². The first-order valence-corrected chi connectivity index (χ1v) is 8.82. The Morgan fingerprint density at radius 3 is 2.65 bits per heavy atom. The van der Waals surface area contributed by atoms with Crippen LogP contribution in [-0.2, 0) is 19.1 Å². The second-order valence-electron chi connectivity index (χ2n) is 8.76. The number of carbonyl (C=O) groups excluding carboxylic acids is 3. The van der Waals surface area contributed by atoms with E-state index in [9.17, 15) is 14.4 Å². The first-order chi connectivity index (χ1) is 10.7. The lowest BCUT2D eigenvalue weighted by Gasteiger charge is -2.53. The number of fused-ring (bicyclic) bond motifs is 1. The third-order valence-corrected chi connectivity index (χ3v) is 6.91. The molecule has 3 aliphatic rings. The maximum atomic E-state index is 13.2. The van der Waals surface area contributed by atoms with E-state index in [2.05, 4.69) is 20.8 Å². The molecule has 4 heteroatoms. The topological polar surface area (TPSA) is 60.4 Å². The Balaban J connectivity index is 2.04. The Morgan fingerprint density at radius 2 is 2.04 bits per heavy atom. The zero-order valence-electron chi connectivity index (χ0n) is 14.6. The Labute approximate surface area is 138 Å². The number of hydrogen-bond donors (Lipinski definition) is 0. The van der Waals surface area contributed by atoms with Crippen LogP contribution in [0.5, 0.6) is 0 Å². The molecule has 0 N–H and O–H groups in total. The highest BCUT2D eigenvalue weighted by atomic mass is 16.5. The van der Waals surface area contributed by atoms with Crippen LogP contribution in [0.25, 0.3) is 0 Å². The molecule has 2 unspecified atom stereocenters. The third-order valence-electron chi connectivity index (χ3n) is 6.91. The molecule has 23 heavy (non-hydrogen) atoms. The highest BCUT2D eigenvalue weighted by molar-refractivity contribution is 5.91. The van der Waals surface area contributed by atoms with Crippen LogP contribution in [0, 0.1) is 35.0 Å². The van der Waals surface area contributed by atoms with Crippen LogP contribution >= 0.6 is 0 Å². The van der Waals surface area contributed by atoms with Gasteiger partial charge in [0.2, 0.25) is 0 Å². The number of rotatable bonds is 3. The van der Waals surface area contributed by atoms with E-state index in [0.29, 0.717) is 12.5 Å². The molecule has 0 radical (unpaired) electrons. The highest BCUT2D eigenvalue weighted by Crippen LogP contribution is 2.58. The minimum absolute atomic E-state index is 0.0103. The summed E-state index contributed by atoms with van der Waals surface area (Å²) in [6.45, 7) is 8.33. The average molecular weight is 320 g/mol. The molecular formula is C19H28O4. The Bertz CT molecular complexity index is 537. The van der Waals surface area contributed by atoms with Crippen molar-refractivity contribution in [2.24, 2.45) is 35.0 Å². The van der Waals surface area contributed by atoms with E-state index in [4.69, 9.17) is 4.74 Å². The summed E-state index contributed by atoms with van der Waals surface area (Å²) in [6.07, 6.45) is 3.97. The van der Waals surface area contributed by atoms with E-state index in [1.54, 1.807) is 0 Å². The van der Waals surface area contributed by atoms with Gasteiger partial charge >= 0.3 is 0 Å². The van der Waals surface area contributed by atoms with Gasteiger partial charge in [0.15, 0.2) is 0 Å². The number of Topliss-reactive ketones (excluding diaryl/α,β-unsaturated/α-hetero) is 2. The maximum Gasteiger partial charge on any atom is 0.142 e. The minimum atomic E-state index is -0.464. The van der Waals surface area contributed by atoms with Crippen molar-refractivity contribution < 1.29 is 19.1 Å². The van der Waals surface area contributed by atoms with Crippen LogP contribution in [0.15, 0.2) is 0 Å². The van der Waals surface area contributed by atoms with E-state index >= 15 is 0 Å². The molecule has 128 valence electrons. The Morgan fingerprint density at radius 1 is 1.35 bits per heavy atom. The Kier molecular flexibility index (Phi) is 4.03. The van der Waals surface area contributed by atoms with Crippen LogP contribution < -0.4 is 0 Å². The number of hydrogen-bond acceptors (Lipinski definition) is 4. The fourth-order valence-electron chi connectivity index (χ4n) is 5.63. The second-order valence-corrected chi connectivity index (χ2v) is 8.76. The van der Waals surface area contributed by atoms with Crippen molar-refractivity contribution in [1.82, 2.24) is 0 Å². The van der Waals surface area contributed by atoms with E-state index in [0.717, 1.165) is 25.5 Å². The van der Waals surface area contributed by atoms with Gasteiger partial charge in [-0.3, -0.25) is 4.79 Å². The van der Waals surface area contributed by atoms with Gasteiger partial charge in [-0.2, -0.15) is 0 Å². The number of ketones is 2. The van der Waals surface area contributed by atoms with Gasteiger partial charge in [-0.15, -0.1) is 0 Å². The first-order valence-electron chi connectivity index (χ1n) is 8.82. The molecule has 2 aliphatic carbocycles. The zero-order chi connectivity index (χ0) is 17.0. The molecule has 4 nitrogen and oxygen atoms in total. The summed E-state index contributed by atoms with van der Waals surface area (Å²) in [7, 11) is 0. The second kappa shape index (κ2) is 5.51. The lowest BCUT2D eigenvalue weighted by Crippen LogP contribution is -2.53. The summed E-state index contributed by atoms with van der Waals surface area (Å²) >= 11 is 0. The van der Waals surface area contributed by atoms with Crippen molar-refractivity contribution in [2.45, 2.75) is 59.0 Å². The molecule has 1 aliphatic heterocycles. The molecule has 0 aromatic rings. The number of aldehydes is 1. The summed E-state index contributed by atoms with van der Waals surface area (Å²) in [5.74, 6) is -0.229. The van der Waals surface area contributed by atoms with Crippen molar-refractivity contribution in [2.75, 3.05) is 6.61 Å². The summed E-state index contributed by atoms with van der Waals surface area (Å²) in [5, 5.41) is 0. The smallest absolute Gasteiger partial charge is 0.142 e.